The van der Waals surface area contributed by atoms with Gasteiger partial charge in [0.2, 0.25) is 5.91 Å². The van der Waals surface area contributed by atoms with E-state index in [0.29, 0.717) is 5.75 Å². The fourth-order valence-corrected chi connectivity index (χ4v) is 2.27. The Hall–Kier alpha value is -1.62. The second-order valence-electron chi connectivity index (χ2n) is 4.54. The molecule has 98 valence electrons. The first-order valence-corrected chi connectivity index (χ1v) is 6.02. The summed E-state index contributed by atoms with van der Waals surface area (Å²) in [6, 6.07) is 4.11. The molecule has 0 aromatic heterocycles. The van der Waals surface area contributed by atoms with E-state index in [4.69, 9.17) is 10.5 Å². The number of amides is 1. The van der Waals surface area contributed by atoms with Gasteiger partial charge in [-0.2, -0.15) is 0 Å². The third-order valence-electron chi connectivity index (χ3n) is 3.34. The molecule has 1 aromatic carbocycles. The second kappa shape index (κ2) is 5.35. The van der Waals surface area contributed by atoms with E-state index in [1.54, 1.807) is 0 Å². The Kier molecular flexibility index (Phi) is 3.81. The zero-order valence-electron chi connectivity index (χ0n) is 10.3. The maximum atomic E-state index is 13.5. The molecule has 3 N–H and O–H groups in total. The van der Waals surface area contributed by atoms with Crippen molar-refractivity contribution in [2.24, 2.45) is 11.7 Å². The van der Waals surface area contributed by atoms with Gasteiger partial charge in [-0.3, -0.25) is 4.79 Å². The fourth-order valence-electron chi connectivity index (χ4n) is 2.27. The van der Waals surface area contributed by atoms with Crippen LogP contribution in [-0.2, 0) is 4.79 Å². The lowest BCUT2D eigenvalue weighted by Gasteiger charge is -2.15. The van der Waals surface area contributed by atoms with Gasteiger partial charge in [0, 0.05) is 12.1 Å². The summed E-state index contributed by atoms with van der Waals surface area (Å²) in [4.78, 5) is 12.0. The number of hydrogen-bond acceptors (Lipinski definition) is 3. The minimum absolute atomic E-state index is 0.126. The van der Waals surface area contributed by atoms with Crippen LogP contribution >= 0.6 is 0 Å². The summed E-state index contributed by atoms with van der Waals surface area (Å²) in [5, 5.41) is 2.58. The molecule has 0 spiro atoms. The molecule has 1 saturated carbocycles. The molecular weight excluding hydrogens is 235 g/mol. The van der Waals surface area contributed by atoms with Crippen LogP contribution in [0.4, 0.5) is 10.1 Å². The number of anilines is 1. The van der Waals surface area contributed by atoms with Gasteiger partial charge in [-0.25, -0.2) is 4.39 Å². The molecular formula is C13H17FN2O2. The second-order valence-corrected chi connectivity index (χ2v) is 4.54. The van der Waals surface area contributed by atoms with Gasteiger partial charge >= 0.3 is 0 Å². The maximum absolute atomic E-state index is 13.5. The Morgan fingerprint density at radius 2 is 2.28 bits per heavy atom. The zero-order valence-corrected chi connectivity index (χ0v) is 10.3. The smallest absolute Gasteiger partial charge is 0.229 e. The highest BCUT2D eigenvalue weighted by Crippen LogP contribution is 2.27. The summed E-state index contributed by atoms with van der Waals surface area (Å²) in [6.07, 6.45) is 2.55. The van der Waals surface area contributed by atoms with Crippen LogP contribution in [0.15, 0.2) is 18.2 Å². The Morgan fingerprint density at radius 3 is 2.89 bits per heavy atom. The van der Waals surface area contributed by atoms with Crippen LogP contribution in [0.5, 0.6) is 5.75 Å². The molecule has 1 fully saturated rings. The van der Waals surface area contributed by atoms with Gasteiger partial charge in [0.25, 0.3) is 0 Å². The molecule has 2 rings (SSSR count). The van der Waals surface area contributed by atoms with E-state index in [9.17, 15) is 9.18 Å². The highest BCUT2D eigenvalue weighted by molar-refractivity contribution is 5.93. The summed E-state index contributed by atoms with van der Waals surface area (Å²) in [7, 11) is 1.49. The van der Waals surface area contributed by atoms with Gasteiger partial charge in [0.05, 0.1) is 18.7 Å². The number of methoxy groups -OCH3 is 1. The van der Waals surface area contributed by atoms with E-state index in [-0.39, 0.29) is 23.6 Å². The quantitative estimate of drug-likeness (QED) is 0.863. The summed E-state index contributed by atoms with van der Waals surface area (Å²) < 4.78 is 18.5. The van der Waals surface area contributed by atoms with Crippen molar-refractivity contribution in [2.75, 3.05) is 12.4 Å². The van der Waals surface area contributed by atoms with Crippen molar-refractivity contribution in [1.82, 2.24) is 0 Å². The molecule has 2 atom stereocenters. The molecule has 0 bridgehead atoms. The number of halogens is 1. The largest absolute Gasteiger partial charge is 0.497 e. The van der Waals surface area contributed by atoms with E-state index in [1.807, 2.05) is 0 Å². The lowest BCUT2D eigenvalue weighted by atomic mass is 10.0. The predicted octanol–water partition coefficient (Wildman–Crippen LogP) is 1.90. The first-order chi connectivity index (χ1) is 8.61. The van der Waals surface area contributed by atoms with Crippen LogP contribution in [0.25, 0.3) is 0 Å². The summed E-state index contributed by atoms with van der Waals surface area (Å²) in [5.41, 5.74) is 5.99. The zero-order chi connectivity index (χ0) is 13.1. The number of carbonyl (C=O) groups is 1. The van der Waals surface area contributed by atoms with E-state index in [2.05, 4.69) is 5.32 Å². The van der Waals surface area contributed by atoms with Crippen molar-refractivity contribution in [3.05, 3.63) is 24.0 Å². The highest BCUT2D eigenvalue weighted by atomic mass is 19.1. The van der Waals surface area contributed by atoms with Gasteiger partial charge in [-0.1, -0.05) is 6.42 Å². The van der Waals surface area contributed by atoms with E-state index in [0.717, 1.165) is 19.3 Å². The van der Waals surface area contributed by atoms with Crippen molar-refractivity contribution in [3.8, 4) is 5.75 Å². The first kappa shape index (κ1) is 12.8. The fraction of sp³-hybridized carbons (Fsp3) is 0.462. The molecule has 18 heavy (non-hydrogen) atoms. The average Bonchev–Trinajstić information content (AvgIpc) is 2.78. The van der Waals surface area contributed by atoms with Gasteiger partial charge < -0.3 is 15.8 Å². The van der Waals surface area contributed by atoms with Crippen molar-refractivity contribution in [3.63, 3.8) is 0 Å². The lowest BCUT2D eigenvalue weighted by molar-refractivity contribution is -0.120. The van der Waals surface area contributed by atoms with Crippen LogP contribution in [0.2, 0.25) is 0 Å². The van der Waals surface area contributed by atoms with Crippen LogP contribution in [0.1, 0.15) is 19.3 Å². The topological polar surface area (TPSA) is 64.3 Å². The number of carbonyl (C=O) groups excluding carboxylic acids is 1. The Balaban J connectivity index is 2.11. The summed E-state index contributed by atoms with van der Waals surface area (Å²) >= 11 is 0. The third-order valence-corrected chi connectivity index (χ3v) is 3.34. The summed E-state index contributed by atoms with van der Waals surface area (Å²) in [5.74, 6) is -0.416. The number of nitrogens with one attached hydrogen (secondary N) is 1. The molecule has 0 aliphatic heterocycles. The van der Waals surface area contributed by atoms with E-state index < -0.39 is 5.82 Å². The Labute approximate surface area is 105 Å². The highest BCUT2D eigenvalue weighted by Gasteiger charge is 2.30. The van der Waals surface area contributed by atoms with Gasteiger partial charge in [-0.15, -0.1) is 0 Å². The first-order valence-electron chi connectivity index (χ1n) is 6.02. The number of nitrogens with two attached hydrogens (primary N) is 1. The van der Waals surface area contributed by atoms with Crippen molar-refractivity contribution >= 4 is 11.6 Å². The van der Waals surface area contributed by atoms with E-state index in [1.165, 1.54) is 25.3 Å². The van der Waals surface area contributed by atoms with Gasteiger partial charge in [0.1, 0.15) is 11.6 Å². The van der Waals surface area contributed by atoms with Crippen LogP contribution in [0.3, 0.4) is 0 Å². The number of rotatable bonds is 3. The monoisotopic (exact) mass is 252 g/mol. The maximum Gasteiger partial charge on any atom is 0.229 e. The van der Waals surface area contributed by atoms with Crippen molar-refractivity contribution in [2.45, 2.75) is 25.3 Å². The number of hydrogen-bond donors (Lipinski definition) is 2. The molecule has 5 heteroatoms. The molecule has 2 unspecified atom stereocenters. The lowest BCUT2D eigenvalue weighted by Crippen LogP contribution is -2.34. The van der Waals surface area contributed by atoms with Crippen molar-refractivity contribution in [1.29, 1.82) is 0 Å². The SMILES string of the molecule is COc1ccc(F)c(NC(=O)C2CCCC2N)c1. The van der Waals surface area contributed by atoms with Crippen LogP contribution in [0, 0.1) is 11.7 Å². The van der Waals surface area contributed by atoms with Gasteiger partial charge in [-0.05, 0) is 25.0 Å². The Bertz CT molecular complexity index is 451. The van der Waals surface area contributed by atoms with E-state index >= 15 is 0 Å². The molecule has 1 aliphatic rings. The molecule has 0 heterocycles. The van der Waals surface area contributed by atoms with Crippen LogP contribution in [-0.4, -0.2) is 19.1 Å². The molecule has 0 saturated heterocycles. The number of benzene rings is 1. The van der Waals surface area contributed by atoms with Crippen molar-refractivity contribution < 1.29 is 13.9 Å². The summed E-state index contributed by atoms with van der Waals surface area (Å²) in [6.45, 7) is 0. The molecule has 1 aliphatic carbocycles. The molecule has 0 radical (unpaired) electrons. The van der Waals surface area contributed by atoms with Crippen LogP contribution < -0.4 is 15.8 Å². The Morgan fingerprint density at radius 1 is 1.50 bits per heavy atom. The molecule has 4 nitrogen and oxygen atoms in total. The normalized spacial score (nSPS) is 22.8. The third kappa shape index (κ3) is 2.61. The molecule has 1 aromatic rings. The standard InChI is InChI=1S/C13H17FN2O2/c1-18-8-5-6-10(14)12(7-8)16-13(17)9-3-2-4-11(9)15/h5-7,9,11H,2-4,15H2,1H3,(H,16,17). The van der Waals surface area contributed by atoms with Gasteiger partial charge in [0.15, 0.2) is 0 Å². The number of ether oxygens (including phenoxy) is 1. The molecule has 1 amide bonds. The average molecular weight is 252 g/mol. The minimum atomic E-state index is -0.476. The minimum Gasteiger partial charge on any atom is -0.497 e. The predicted molar refractivity (Wildman–Crippen MR) is 66.9 cm³/mol.